The SMILES string of the molecule is CCCCCC(=O)NCC(=O)NC[C@@H]1[C@H](CC=CCCC(F)(F)C(=O)CCl)[C@@H]2CC[C@H]1O2. The highest BCUT2D eigenvalue weighted by atomic mass is 35.5. The number of halogens is 3. The van der Waals surface area contributed by atoms with E-state index in [1.807, 2.05) is 6.08 Å². The summed E-state index contributed by atoms with van der Waals surface area (Å²) in [6.07, 6.45) is 9.15. The van der Waals surface area contributed by atoms with Crippen molar-refractivity contribution in [3.63, 3.8) is 0 Å². The van der Waals surface area contributed by atoms with Crippen molar-refractivity contribution in [3.8, 4) is 0 Å². The van der Waals surface area contributed by atoms with Crippen molar-refractivity contribution in [1.29, 1.82) is 0 Å². The van der Waals surface area contributed by atoms with Gasteiger partial charge < -0.3 is 15.4 Å². The van der Waals surface area contributed by atoms with Crippen LogP contribution in [0.2, 0.25) is 0 Å². The lowest BCUT2D eigenvalue weighted by Crippen LogP contribution is -2.42. The second kappa shape index (κ2) is 13.2. The summed E-state index contributed by atoms with van der Waals surface area (Å²) in [5.41, 5.74) is 0. The molecule has 2 aliphatic rings. The third kappa shape index (κ3) is 8.10. The predicted octanol–water partition coefficient (Wildman–Crippen LogP) is 3.76. The van der Waals surface area contributed by atoms with Crippen molar-refractivity contribution in [2.24, 2.45) is 11.8 Å². The molecule has 2 saturated heterocycles. The Balaban J connectivity index is 1.72. The van der Waals surface area contributed by atoms with Gasteiger partial charge in [0.2, 0.25) is 17.6 Å². The Kier molecular flexibility index (Phi) is 11.0. The highest BCUT2D eigenvalue weighted by Gasteiger charge is 2.48. The zero-order valence-corrected chi connectivity index (χ0v) is 19.5. The van der Waals surface area contributed by atoms with E-state index < -0.39 is 24.0 Å². The van der Waals surface area contributed by atoms with Gasteiger partial charge in [-0.2, -0.15) is 8.78 Å². The largest absolute Gasteiger partial charge is 0.374 e. The standard InChI is InChI=1S/C23H35ClF2N2O4/c1-2-3-5-9-21(30)28-15-22(31)27-14-17-16(18-10-11-19(17)32-18)8-6-4-7-12-23(25,26)20(29)13-24/h4,6,16-19H,2-3,5,7-15H2,1H3,(H,27,31)(H,28,30)/t16-,17+,18-,19+/m0/s1. The third-order valence-corrected chi connectivity index (χ3v) is 6.55. The van der Waals surface area contributed by atoms with E-state index in [0.717, 1.165) is 32.1 Å². The summed E-state index contributed by atoms with van der Waals surface area (Å²) in [5.74, 6) is -5.30. The number of rotatable bonds is 15. The van der Waals surface area contributed by atoms with Crippen LogP contribution in [0.25, 0.3) is 0 Å². The highest BCUT2D eigenvalue weighted by Crippen LogP contribution is 2.44. The van der Waals surface area contributed by atoms with Gasteiger partial charge in [-0.3, -0.25) is 14.4 Å². The highest BCUT2D eigenvalue weighted by molar-refractivity contribution is 6.28. The van der Waals surface area contributed by atoms with E-state index in [1.54, 1.807) is 6.08 Å². The molecule has 0 aromatic carbocycles. The van der Waals surface area contributed by atoms with E-state index in [2.05, 4.69) is 17.6 Å². The molecule has 0 radical (unpaired) electrons. The maximum Gasteiger partial charge on any atom is 0.306 e. The number of ketones is 1. The topological polar surface area (TPSA) is 84.5 Å². The number of alkyl halides is 3. The lowest BCUT2D eigenvalue weighted by atomic mass is 9.77. The zero-order valence-electron chi connectivity index (χ0n) is 18.7. The molecule has 2 heterocycles. The van der Waals surface area contributed by atoms with Crippen molar-refractivity contribution in [1.82, 2.24) is 10.6 Å². The first-order valence-corrected chi connectivity index (χ1v) is 12.1. The van der Waals surface area contributed by atoms with Gasteiger partial charge in [-0.15, -0.1) is 11.6 Å². The molecule has 2 rings (SSSR count). The quantitative estimate of drug-likeness (QED) is 0.214. The summed E-state index contributed by atoms with van der Waals surface area (Å²) >= 11 is 5.22. The predicted molar refractivity (Wildman–Crippen MR) is 119 cm³/mol. The second-order valence-corrected chi connectivity index (χ2v) is 8.93. The van der Waals surface area contributed by atoms with E-state index in [4.69, 9.17) is 16.3 Å². The van der Waals surface area contributed by atoms with Gasteiger partial charge >= 0.3 is 5.92 Å². The Labute approximate surface area is 193 Å². The van der Waals surface area contributed by atoms with Gasteiger partial charge in [0.15, 0.2) is 0 Å². The Hall–Kier alpha value is -1.54. The Morgan fingerprint density at radius 2 is 1.78 bits per heavy atom. The Morgan fingerprint density at radius 3 is 2.47 bits per heavy atom. The van der Waals surface area contributed by atoms with Crippen molar-refractivity contribution >= 4 is 29.2 Å². The number of fused-ring (bicyclic) bond motifs is 2. The fraction of sp³-hybridized carbons (Fsp3) is 0.783. The smallest absolute Gasteiger partial charge is 0.306 e. The molecule has 0 aromatic heterocycles. The van der Waals surface area contributed by atoms with Crippen molar-refractivity contribution in [3.05, 3.63) is 12.2 Å². The first kappa shape index (κ1) is 26.7. The van der Waals surface area contributed by atoms with Crippen LogP contribution in [-0.4, -0.2) is 54.7 Å². The summed E-state index contributed by atoms with van der Waals surface area (Å²) in [6, 6.07) is 0. The monoisotopic (exact) mass is 476 g/mol. The molecule has 2 N–H and O–H groups in total. The van der Waals surface area contributed by atoms with Gasteiger partial charge in [0.25, 0.3) is 0 Å². The maximum atomic E-state index is 13.5. The number of hydrogen-bond acceptors (Lipinski definition) is 4. The number of carbonyl (C=O) groups is 3. The normalized spacial score (nSPS) is 24.8. The van der Waals surface area contributed by atoms with E-state index in [9.17, 15) is 23.2 Å². The number of allylic oxidation sites excluding steroid dienone is 2. The first-order valence-electron chi connectivity index (χ1n) is 11.6. The zero-order chi connectivity index (χ0) is 23.6. The molecule has 2 amide bonds. The van der Waals surface area contributed by atoms with Crippen molar-refractivity contribution in [2.75, 3.05) is 19.0 Å². The molecule has 0 aliphatic carbocycles. The summed E-state index contributed by atoms with van der Waals surface area (Å²) in [5, 5.41) is 5.54. The molecule has 0 unspecified atom stereocenters. The molecule has 4 atom stereocenters. The number of Topliss-reactive ketones (excluding diaryl/α,β-unsaturated/α-hetero) is 1. The molecular weight excluding hydrogens is 442 g/mol. The van der Waals surface area contributed by atoms with Crippen LogP contribution in [0.1, 0.15) is 64.7 Å². The molecule has 0 spiro atoms. The van der Waals surface area contributed by atoms with Gasteiger partial charge in [0.05, 0.1) is 24.6 Å². The van der Waals surface area contributed by atoms with Gasteiger partial charge in [-0.05, 0) is 38.0 Å². The lowest BCUT2D eigenvalue weighted by molar-refractivity contribution is -0.140. The van der Waals surface area contributed by atoms with Gasteiger partial charge in [0.1, 0.15) is 0 Å². The molecule has 9 heteroatoms. The molecule has 2 fully saturated rings. The number of ether oxygens (including phenoxy) is 1. The van der Waals surface area contributed by atoms with E-state index >= 15 is 0 Å². The second-order valence-electron chi connectivity index (χ2n) is 8.66. The summed E-state index contributed by atoms with van der Waals surface area (Å²) in [7, 11) is 0. The van der Waals surface area contributed by atoms with Crippen LogP contribution in [-0.2, 0) is 19.1 Å². The van der Waals surface area contributed by atoms with Gasteiger partial charge in [0, 0.05) is 25.3 Å². The number of carbonyl (C=O) groups excluding carboxylic acids is 3. The van der Waals surface area contributed by atoms with Crippen LogP contribution in [0, 0.1) is 11.8 Å². The minimum absolute atomic E-state index is 0.0353. The molecule has 32 heavy (non-hydrogen) atoms. The summed E-state index contributed by atoms with van der Waals surface area (Å²) in [6.45, 7) is 2.50. The van der Waals surface area contributed by atoms with E-state index in [0.29, 0.717) is 19.4 Å². The third-order valence-electron chi connectivity index (χ3n) is 6.31. The average Bonchev–Trinajstić information content (AvgIpc) is 3.37. The number of hydrogen-bond donors (Lipinski definition) is 2. The number of unbranched alkanes of at least 4 members (excludes halogenated alkanes) is 2. The summed E-state index contributed by atoms with van der Waals surface area (Å²) < 4.78 is 33.1. The van der Waals surface area contributed by atoms with Crippen LogP contribution in [0.4, 0.5) is 8.78 Å². The van der Waals surface area contributed by atoms with Crippen LogP contribution in [0.3, 0.4) is 0 Å². The fourth-order valence-corrected chi connectivity index (χ4v) is 4.65. The number of nitrogens with one attached hydrogen (secondary N) is 2. The van der Waals surface area contributed by atoms with Gasteiger partial charge in [-0.25, -0.2) is 0 Å². The molecule has 2 bridgehead atoms. The fourth-order valence-electron chi connectivity index (χ4n) is 4.45. The molecule has 0 saturated carbocycles. The molecular formula is C23H35ClF2N2O4. The van der Waals surface area contributed by atoms with Crippen molar-refractivity contribution < 1.29 is 27.9 Å². The van der Waals surface area contributed by atoms with Crippen LogP contribution in [0.15, 0.2) is 12.2 Å². The lowest BCUT2D eigenvalue weighted by Gasteiger charge is -2.27. The molecule has 2 aliphatic heterocycles. The van der Waals surface area contributed by atoms with Gasteiger partial charge in [-0.1, -0.05) is 31.9 Å². The Morgan fingerprint density at radius 1 is 1.06 bits per heavy atom. The van der Waals surface area contributed by atoms with Crippen LogP contribution < -0.4 is 10.6 Å². The number of amides is 2. The maximum absolute atomic E-state index is 13.5. The molecule has 6 nitrogen and oxygen atoms in total. The summed E-state index contributed by atoms with van der Waals surface area (Å²) in [4.78, 5) is 35.0. The molecule has 0 aromatic rings. The van der Waals surface area contributed by atoms with Crippen LogP contribution >= 0.6 is 11.6 Å². The Bertz CT molecular complexity index is 674. The van der Waals surface area contributed by atoms with Crippen molar-refractivity contribution in [2.45, 2.75) is 82.8 Å². The molecule has 182 valence electrons. The van der Waals surface area contributed by atoms with Crippen LogP contribution in [0.5, 0.6) is 0 Å². The average molecular weight is 477 g/mol. The van der Waals surface area contributed by atoms with E-state index in [1.165, 1.54) is 0 Å². The minimum atomic E-state index is -3.39. The first-order chi connectivity index (χ1) is 15.3. The van der Waals surface area contributed by atoms with E-state index in [-0.39, 0.29) is 48.8 Å². The minimum Gasteiger partial charge on any atom is -0.374 e.